The summed E-state index contributed by atoms with van der Waals surface area (Å²) >= 11 is 0. The maximum atomic E-state index is 11.7. The van der Waals surface area contributed by atoms with E-state index in [4.69, 9.17) is 0 Å². The van der Waals surface area contributed by atoms with Crippen LogP contribution in [-0.4, -0.2) is 29.7 Å². The third-order valence-electron chi connectivity index (χ3n) is 2.47. The van der Waals surface area contributed by atoms with E-state index in [1.807, 2.05) is 30.3 Å². The van der Waals surface area contributed by atoms with Gasteiger partial charge in [0.1, 0.15) is 0 Å². The predicted octanol–water partition coefficient (Wildman–Crippen LogP) is 0.770. The molecular weight excluding hydrogens is 228 g/mol. The molecule has 2 atom stereocenters. The van der Waals surface area contributed by atoms with Gasteiger partial charge in [-0.25, -0.2) is 0 Å². The number of β-amino-alcohol motifs (C(OH)–C–C–N with tert-alkyl or cyclic N) is 1. The predicted molar refractivity (Wildman–Crippen MR) is 64.7 cm³/mol. The number of anilines is 1. The Balaban J connectivity index is 0.00000128. The lowest BCUT2D eigenvalue weighted by molar-refractivity contribution is -0.117. The molecule has 1 saturated heterocycles. The summed E-state index contributed by atoms with van der Waals surface area (Å²) in [6.45, 7) is 0.493. The van der Waals surface area contributed by atoms with Gasteiger partial charge in [-0.3, -0.25) is 4.79 Å². The Morgan fingerprint density at radius 3 is 2.62 bits per heavy atom. The van der Waals surface area contributed by atoms with Crippen molar-refractivity contribution in [2.24, 2.45) is 0 Å². The summed E-state index contributed by atoms with van der Waals surface area (Å²) in [6.07, 6.45) is 0.0788. The standard InChI is InChI=1S/C11H14N2O2.ClH/c14-9-6-10(12-7-9)11(15)13-8-4-2-1-3-5-8;/h1-5,9-10,12,14H,6-7H2,(H,13,15);1H/t9-,10-;/m1./s1. The Morgan fingerprint density at radius 2 is 2.06 bits per heavy atom. The Hall–Kier alpha value is -1.10. The molecule has 0 aromatic heterocycles. The van der Waals surface area contributed by atoms with E-state index < -0.39 is 6.10 Å². The van der Waals surface area contributed by atoms with Crippen molar-refractivity contribution in [3.8, 4) is 0 Å². The quantitative estimate of drug-likeness (QED) is 0.718. The molecule has 1 heterocycles. The van der Waals surface area contributed by atoms with Crippen molar-refractivity contribution in [1.82, 2.24) is 5.32 Å². The Kier molecular flexibility index (Phi) is 4.73. The van der Waals surface area contributed by atoms with Crippen LogP contribution >= 0.6 is 12.4 Å². The van der Waals surface area contributed by atoms with Crippen LogP contribution in [0.25, 0.3) is 0 Å². The number of aliphatic hydroxyl groups excluding tert-OH is 1. The van der Waals surface area contributed by atoms with Gasteiger partial charge >= 0.3 is 0 Å². The summed E-state index contributed by atoms with van der Waals surface area (Å²) in [6, 6.07) is 9.03. The van der Waals surface area contributed by atoms with E-state index in [-0.39, 0.29) is 24.4 Å². The largest absolute Gasteiger partial charge is 0.392 e. The summed E-state index contributed by atoms with van der Waals surface area (Å²) < 4.78 is 0. The normalized spacial score (nSPS) is 23.6. The number of carbonyl (C=O) groups is 1. The molecule has 1 aliphatic heterocycles. The molecule has 1 aromatic carbocycles. The number of hydrogen-bond acceptors (Lipinski definition) is 3. The molecule has 4 nitrogen and oxygen atoms in total. The maximum absolute atomic E-state index is 11.7. The van der Waals surface area contributed by atoms with E-state index in [0.717, 1.165) is 5.69 Å². The molecule has 16 heavy (non-hydrogen) atoms. The second-order valence-electron chi connectivity index (χ2n) is 3.71. The zero-order chi connectivity index (χ0) is 10.7. The number of rotatable bonds is 2. The molecule has 1 amide bonds. The number of benzene rings is 1. The van der Waals surface area contributed by atoms with Crippen LogP contribution in [0.4, 0.5) is 5.69 Å². The number of carbonyl (C=O) groups excluding carboxylic acids is 1. The molecule has 88 valence electrons. The summed E-state index contributed by atoms with van der Waals surface area (Å²) in [5, 5.41) is 15.0. The molecule has 1 fully saturated rings. The Bertz CT molecular complexity index is 345. The topological polar surface area (TPSA) is 61.4 Å². The lowest BCUT2D eigenvalue weighted by Crippen LogP contribution is -2.35. The number of nitrogens with one attached hydrogen (secondary N) is 2. The number of amides is 1. The van der Waals surface area contributed by atoms with Crippen molar-refractivity contribution in [3.63, 3.8) is 0 Å². The van der Waals surface area contributed by atoms with Crippen LogP contribution in [0.5, 0.6) is 0 Å². The SMILES string of the molecule is Cl.O=C(Nc1ccccc1)[C@H]1C[C@@H](O)CN1. The molecular formula is C11H15ClN2O2. The molecule has 0 aliphatic carbocycles. The zero-order valence-electron chi connectivity index (χ0n) is 8.72. The minimum absolute atomic E-state index is 0. The van der Waals surface area contributed by atoms with E-state index in [1.54, 1.807) is 0 Å². The summed E-state index contributed by atoms with van der Waals surface area (Å²) in [7, 11) is 0. The minimum Gasteiger partial charge on any atom is -0.392 e. The van der Waals surface area contributed by atoms with Gasteiger partial charge in [-0.1, -0.05) is 18.2 Å². The highest BCUT2D eigenvalue weighted by Gasteiger charge is 2.27. The fourth-order valence-corrected chi connectivity index (χ4v) is 1.67. The summed E-state index contributed by atoms with van der Waals surface area (Å²) in [5.74, 6) is -0.0854. The molecule has 0 bridgehead atoms. The van der Waals surface area contributed by atoms with Crippen LogP contribution in [0, 0.1) is 0 Å². The van der Waals surface area contributed by atoms with Crippen molar-refractivity contribution >= 4 is 24.0 Å². The van der Waals surface area contributed by atoms with E-state index in [9.17, 15) is 9.90 Å². The van der Waals surface area contributed by atoms with Crippen LogP contribution in [-0.2, 0) is 4.79 Å². The number of aliphatic hydroxyl groups is 1. The molecule has 0 radical (unpaired) electrons. The van der Waals surface area contributed by atoms with E-state index >= 15 is 0 Å². The van der Waals surface area contributed by atoms with Crippen LogP contribution in [0.15, 0.2) is 30.3 Å². The Morgan fingerprint density at radius 1 is 1.38 bits per heavy atom. The summed E-state index contributed by atoms with van der Waals surface area (Å²) in [5.41, 5.74) is 0.783. The van der Waals surface area contributed by atoms with Crippen molar-refractivity contribution < 1.29 is 9.90 Å². The highest BCUT2D eigenvalue weighted by molar-refractivity contribution is 5.95. The fourth-order valence-electron chi connectivity index (χ4n) is 1.67. The van der Waals surface area contributed by atoms with Gasteiger partial charge in [0, 0.05) is 12.2 Å². The van der Waals surface area contributed by atoms with Gasteiger partial charge < -0.3 is 15.7 Å². The van der Waals surface area contributed by atoms with Gasteiger partial charge in [0.2, 0.25) is 5.91 Å². The van der Waals surface area contributed by atoms with Crippen LogP contribution in [0.2, 0.25) is 0 Å². The maximum Gasteiger partial charge on any atom is 0.241 e. The second kappa shape index (κ2) is 5.84. The van der Waals surface area contributed by atoms with Gasteiger partial charge in [-0.2, -0.15) is 0 Å². The van der Waals surface area contributed by atoms with E-state index in [2.05, 4.69) is 10.6 Å². The highest BCUT2D eigenvalue weighted by Crippen LogP contribution is 2.10. The second-order valence-corrected chi connectivity index (χ2v) is 3.71. The van der Waals surface area contributed by atoms with Crippen molar-refractivity contribution in [3.05, 3.63) is 30.3 Å². The van der Waals surface area contributed by atoms with E-state index in [0.29, 0.717) is 13.0 Å². The molecule has 1 aliphatic rings. The van der Waals surface area contributed by atoms with Crippen LogP contribution in [0.3, 0.4) is 0 Å². The number of para-hydroxylation sites is 1. The summed E-state index contributed by atoms with van der Waals surface area (Å²) in [4.78, 5) is 11.7. The van der Waals surface area contributed by atoms with Gasteiger partial charge in [-0.15, -0.1) is 12.4 Å². The van der Waals surface area contributed by atoms with Crippen molar-refractivity contribution in [2.45, 2.75) is 18.6 Å². The van der Waals surface area contributed by atoms with Crippen LogP contribution < -0.4 is 10.6 Å². The smallest absolute Gasteiger partial charge is 0.241 e. The first kappa shape index (κ1) is 13.0. The third kappa shape index (κ3) is 3.20. The van der Waals surface area contributed by atoms with Gasteiger partial charge in [0.25, 0.3) is 0 Å². The van der Waals surface area contributed by atoms with Crippen molar-refractivity contribution in [1.29, 1.82) is 0 Å². The van der Waals surface area contributed by atoms with Crippen molar-refractivity contribution in [2.75, 3.05) is 11.9 Å². The lowest BCUT2D eigenvalue weighted by atomic mass is 10.2. The highest BCUT2D eigenvalue weighted by atomic mass is 35.5. The van der Waals surface area contributed by atoms with Crippen LogP contribution in [0.1, 0.15) is 6.42 Å². The Labute approximate surface area is 100 Å². The van der Waals surface area contributed by atoms with E-state index in [1.165, 1.54) is 0 Å². The lowest BCUT2D eigenvalue weighted by Gasteiger charge is -2.10. The molecule has 5 heteroatoms. The molecule has 3 N–H and O–H groups in total. The fraction of sp³-hybridized carbons (Fsp3) is 0.364. The number of halogens is 1. The molecule has 0 unspecified atom stereocenters. The first-order chi connectivity index (χ1) is 7.25. The molecule has 1 aromatic rings. The first-order valence-corrected chi connectivity index (χ1v) is 5.03. The molecule has 2 rings (SSSR count). The third-order valence-corrected chi connectivity index (χ3v) is 2.47. The van der Waals surface area contributed by atoms with Gasteiger partial charge in [-0.05, 0) is 18.6 Å². The monoisotopic (exact) mass is 242 g/mol. The average molecular weight is 243 g/mol. The minimum atomic E-state index is -0.406. The van der Waals surface area contributed by atoms with Gasteiger partial charge in [0.05, 0.1) is 12.1 Å². The zero-order valence-corrected chi connectivity index (χ0v) is 9.54. The van der Waals surface area contributed by atoms with Gasteiger partial charge in [0.15, 0.2) is 0 Å². The number of hydrogen-bond donors (Lipinski definition) is 3. The first-order valence-electron chi connectivity index (χ1n) is 5.03. The average Bonchev–Trinajstić information content (AvgIpc) is 2.66. The molecule has 0 saturated carbocycles. The molecule has 0 spiro atoms.